The molecule has 0 aliphatic heterocycles. The van der Waals surface area contributed by atoms with Crippen molar-refractivity contribution in [2.45, 2.75) is 0 Å². The van der Waals surface area contributed by atoms with Gasteiger partial charge in [-0.15, -0.1) is 0 Å². The molecule has 0 saturated heterocycles. The van der Waals surface area contributed by atoms with Crippen molar-refractivity contribution < 1.29 is 138 Å². The summed E-state index contributed by atoms with van der Waals surface area (Å²) in [6.45, 7) is 0. The van der Waals surface area contributed by atoms with Crippen molar-refractivity contribution in [2.24, 2.45) is 0 Å². The van der Waals surface area contributed by atoms with E-state index in [2.05, 4.69) is 0 Å². The van der Waals surface area contributed by atoms with E-state index in [0.717, 1.165) is 0 Å². The van der Waals surface area contributed by atoms with E-state index in [9.17, 15) is 0 Å². The van der Waals surface area contributed by atoms with E-state index in [1.165, 1.54) is 0 Å². The van der Waals surface area contributed by atoms with Crippen molar-refractivity contribution in [1.82, 2.24) is 0 Å². The largest absolute Gasteiger partial charge is 3.00 e. The molecule has 129 valence electrons. The molecule has 0 aliphatic carbocycles. The first-order valence-electron chi connectivity index (χ1n) is 3.77. The van der Waals surface area contributed by atoms with Gasteiger partial charge in [0, 0.05) is 0 Å². The zero-order chi connectivity index (χ0) is 21.7. The minimum absolute atomic E-state index is 0. The molecule has 0 aliphatic rings. The number of rotatable bonds is 0. The van der Waals surface area contributed by atoms with Crippen LogP contribution in [0.2, 0.25) is 0 Å². The molecule has 0 aromatic heterocycles. The van der Waals surface area contributed by atoms with E-state index in [4.69, 9.17) is 63.7 Å². The van der Waals surface area contributed by atoms with Crippen LogP contribution in [-0.4, -0.2) is 147 Å². The molecule has 0 N–H and O–H groups in total. The van der Waals surface area contributed by atoms with Gasteiger partial charge in [-0.25, -0.2) is 0 Å². The quantitative estimate of drug-likeness (QED) is 0.209. The van der Waals surface area contributed by atoms with Crippen molar-refractivity contribution in [2.75, 3.05) is 0 Å². The van der Waals surface area contributed by atoms with E-state index >= 15 is 0 Å². The third-order valence-corrected chi connectivity index (χ3v) is 0. The molecule has 0 unspecified atom stereocenters. The van der Waals surface area contributed by atoms with Crippen molar-refractivity contribution in [3.63, 3.8) is 0 Å². The Hall–Kier alpha value is 4.31. The Morgan fingerprint density at radius 3 is 0.333 bits per heavy atom. The minimum atomic E-state index is -1.75. The Morgan fingerprint density at radius 2 is 0.333 bits per heavy atom. The third kappa shape index (κ3) is 1310. The normalized spacial score (nSPS) is 2.37. The molecule has 0 aromatic rings. The van der Waals surface area contributed by atoms with Crippen LogP contribution in [0.4, 0.5) is 0 Å². The van der Waals surface area contributed by atoms with Gasteiger partial charge < -0.3 is 0 Å². The Bertz CT molecular complexity index is 172. The van der Waals surface area contributed by atoms with Crippen LogP contribution >= 0.6 is 0 Å². The molecule has 0 spiro atoms. The van der Waals surface area contributed by atoms with E-state index in [0.29, 0.717) is 0 Å². The average Bonchev–Trinajstić information content (AvgIpc) is 2.45. The Balaban J connectivity index is -0.0000000119. The standard InChI is InChI=1S/8Al.Ce.Mg.16O.Y/q;;;;;;;;+3;+2;;;;;;;;;8*-1;+3. The summed E-state index contributed by atoms with van der Waals surface area (Å²) in [7, 11) is 0. The molecule has 16 nitrogen and oxygen atoms in total. The predicted molar refractivity (Wildman–Crippen MR) is 57.3 cm³/mol. The summed E-state index contributed by atoms with van der Waals surface area (Å²) in [5.41, 5.74) is 0. The SMILES string of the molecule is [Ce+3].[Mg+2].[O]=[Al][O-].[O]=[Al][O-].[O]=[Al][O-].[O]=[Al][O-].[O]=[Al][O-].[O]=[Al][O-].[O]=[Al][O-].[O]=[Al][O-].[Y+3]. The fourth-order valence-corrected chi connectivity index (χ4v) is 0. The molecule has 0 aromatic carbocycles. The van der Waals surface area contributed by atoms with Gasteiger partial charge in [0.2, 0.25) is 0 Å². The summed E-state index contributed by atoms with van der Waals surface area (Å²) < 4.78 is 135. The van der Waals surface area contributed by atoms with E-state index < -0.39 is 124 Å². The van der Waals surface area contributed by atoms with Crippen LogP contribution in [0, 0.1) is 41.7 Å². The maximum absolute atomic E-state index is 8.46. The molecule has 27 heavy (non-hydrogen) atoms. The van der Waals surface area contributed by atoms with Gasteiger partial charge in [0.1, 0.15) is 0 Å². The van der Waals surface area contributed by atoms with E-state index in [-0.39, 0.29) is 97.5 Å². The molecular weight excluding hydrogens is 725 g/mol. The van der Waals surface area contributed by atoms with Crippen LogP contribution in [0.5, 0.6) is 0 Å². The van der Waals surface area contributed by atoms with Crippen LogP contribution in [0.1, 0.15) is 0 Å². The van der Waals surface area contributed by atoms with Crippen LogP contribution in [-0.2, 0) is 63.1 Å². The molecule has 0 rings (SSSR count). The zero-order valence-electron chi connectivity index (χ0n) is 12.9. The first kappa shape index (κ1) is 69.7. The molecule has 0 heterocycles. The van der Waals surface area contributed by atoms with E-state index in [1.807, 2.05) is 0 Å². The van der Waals surface area contributed by atoms with Gasteiger partial charge in [-0.1, -0.05) is 0 Å². The van der Waals surface area contributed by atoms with Crippen molar-refractivity contribution >= 4 is 147 Å². The molecular formula is Al8CeMgO16Y. The summed E-state index contributed by atoms with van der Waals surface area (Å²) >= 11 is -14.0. The Labute approximate surface area is 279 Å². The molecule has 27 heteroatoms. The van der Waals surface area contributed by atoms with Crippen LogP contribution < -0.4 is 33.3 Å². The maximum atomic E-state index is 8.46. The number of hydrogen-bond donors (Lipinski definition) is 0. The maximum Gasteiger partial charge on any atom is 3.00 e. The minimum Gasteiger partial charge on any atom is 3.00 e. The van der Waals surface area contributed by atoms with Gasteiger partial charge in [-0.05, 0) is 0 Å². The molecule has 0 fully saturated rings. The molecule has 0 amide bonds. The molecule has 0 atom stereocenters. The van der Waals surface area contributed by atoms with Crippen LogP contribution in [0.25, 0.3) is 0 Å². The Morgan fingerprint density at radius 1 is 0.333 bits per heavy atom. The summed E-state index contributed by atoms with van der Waals surface area (Å²) in [6, 6.07) is 0. The topological polar surface area (TPSA) is 321 Å². The summed E-state index contributed by atoms with van der Waals surface area (Å²) in [6.07, 6.45) is 0. The average molecular weight is 725 g/mol. The van der Waals surface area contributed by atoms with E-state index in [1.54, 1.807) is 0 Å². The fourth-order valence-electron chi connectivity index (χ4n) is 0. The van der Waals surface area contributed by atoms with Gasteiger partial charge in [0.05, 0.1) is 0 Å². The molecule has 0 saturated carbocycles. The second kappa shape index (κ2) is 172. The van der Waals surface area contributed by atoms with Crippen LogP contribution in [0.15, 0.2) is 0 Å². The summed E-state index contributed by atoms with van der Waals surface area (Å²) in [5.74, 6) is 0. The first-order chi connectivity index (χ1) is 11.3. The smallest absolute Gasteiger partial charge is 3.00 e. The number of hydrogen-bond acceptors (Lipinski definition) is 16. The summed E-state index contributed by atoms with van der Waals surface area (Å²) in [5, 5.41) is 0. The van der Waals surface area contributed by atoms with Gasteiger partial charge in [0.15, 0.2) is 0 Å². The third-order valence-electron chi connectivity index (χ3n) is 0. The zero-order valence-corrected chi connectivity index (χ0v) is 29.6. The fraction of sp³-hybridized carbons (Fsp3) is 0. The second-order valence-electron chi connectivity index (χ2n) is 0.770. The van der Waals surface area contributed by atoms with Crippen LogP contribution in [0.3, 0.4) is 0 Å². The van der Waals surface area contributed by atoms with Gasteiger partial charge in [-0.3, -0.25) is 0 Å². The van der Waals surface area contributed by atoms with Gasteiger partial charge >= 0.3 is 285 Å². The van der Waals surface area contributed by atoms with Crippen molar-refractivity contribution in [3.05, 3.63) is 0 Å². The van der Waals surface area contributed by atoms with Crippen molar-refractivity contribution in [1.29, 1.82) is 0 Å². The Kier molecular flexibility index (Phi) is 444. The first-order valence-corrected chi connectivity index (χ1v) is 11.3. The van der Waals surface area contributed by atoms with Gasteiger partial charge in [0.25, 0.3) is 0 Å². The van der Waals surface area contributed by atoms with Gasteiger partial charge in [-0.2, -0.15) is 0 Å². The monoisotopic (exact) mass is 725 g/mol. The predicted octanol–water partition coefficient (Wildman–Crippen LogP) is -13.9. The summed E-state index contributed by atoms with van der Waals surface area (Å²) in [4.78, 5) is 0. The molecule has 0 bridgehead atoms. The second-order valence-corrected chi connectivity index (χ2v) is 2.31. The molecule has 1 radical (unpaired) electrons. The van der Waals surface area contributed by atoms with Crippen molar-refractivity contribution in [3.8, 4) is 0 Å².